The first-order valence-electron chi connectivity index (χ1n) is 18.4. The molecule has 0 aromatic heterocycles. The molecule has 4 atom stereocenters. The number of nitrogens with zero attached hydrogens (tertiary/aromatic N) is 2. The van der Waals surface area contributed by atoms with Crippen LogP contribution in [0.3, 0.4) is 0 Å². The first-order valence-corrected chi connectivity index (χ1v) is 20.2. The van der Waals surface area contributed by atoms with Crippen molar-refractivity contribution < 1.29 is 27.4 Å². The van der Waals surface area contributed by atoms with Gasteiger partial charge in [-0.1, -0.05) is 48.0 Å². The van der Waals surface area contributed by atoms with Crippen LogP contribution in [0.15, 0.2) is 102 Å². The molecule has 3 aliphatic rings. The molecule has 1 fully saturated rings. The van der Waals surface area contributed by atoms with Gasteiger partial charge in [0.1, 0.15) is 17.2 Å². The van der Waals surface area contributed by atoms with Crippen molar-refractivity contribution in [1.29, 1.82) is 0 Å². The zero-order valence-corrected chi connectivity index (χ0v) is 32.4. The molecule has 280 valence electrons. The van der Waals surface area contributed by atoms with E-state index in [0.717, 1.165) is 60.5 Å². The van der Waals surface area contributed by atoms with Gasteiger partial charge in [0.25, 0.3) is 0 Å². The van der Waals surface area contributed by atoms with E-state index in [0.29, 0.717) is 42.2 Å². The number of sulfonamides is 1. The second kappa shape index (κ2) is 15.8. The van der Waals surface area contributed by atoms with E-state index < -0.39 is 10.0 Å². The van der Waals surface area contributed by atoms with Gasteiger partial charge in [0.05, 0.1) is 37.5 Å². The van der Waals surface area contributed by atoms with E-state index in [1.54, 1.807) is 27.4 Å². The lowest BCUT2D eigenvalue weighted by molar-refractivity contribution is 0.0135. The molecule has 4 aromatic carbocycles. The number of hydrogen-bond acceptors (Lipinski definition) is 7. The Bertz CT molecular complexity index is 1970. The van der Waals surface area contributed by atoms with E-state index >= 15 is 0 Å². The van der Waals surface area contributed by atoms with Crippen LogP contribution in [-0.2, 0) is 39.7 Å². The maximum atomic E-state index is 14.8. The summed E-state index contributed by atoms with van der Waals surface area (Å²) in [6, 6.07) is 26.7. The van der Waals surface area contributed by atoms with Crippen LogP contribution in [0, 0.1) is 11.8 Å². The summed E-state index contributed by atoms with van der Waals surface area (Å²) in [5.41, 5.74) is 4.77. The molecule has 1 spiro atoms. The second-order valence-electron chi connectivity index (χ2n) is 14.6. The van der Waals surface area contributed by atoms with Crippen molar-refractivity contribution in [2.45, 2.75) is 61.6 Å². The van der Waals surface area contributed by atoms with Crippen molar-refractivity contribution in [3.8, 4) is 17.2 Å². The number of ether oxygens (including phenoxy) is 4. The summed E-state index contributed by atoms with van der Waals surface area (Å²) in [5.74, 6) is 2.82. The van der Waals surface area contributed by atoms with Gasteiger partial charge in [0.2, 0.25) is 10.0 Å². The van der Waals surface area contributed by atoms with E-state index in [4.69, 9.17) is 30.5 Å². The average molecular weight is 757 g/mol. The fourth-order valence-corrected chi connectivity index (χ4v) is 10.1. The lowest BCUT2D eigenvalue weighted by Gasteiger charge is -2.46. The van der Waals surface area contributed by atoms with Crippen LogP contribution in [0.4, 0.5) is 5.69 Å². The van der Waals surface area contributed by atoms with Crippen molar-refractivity contribution in [3.63, 3.8) is 0 Å². The Morgan fingerprint density at radius 1 is 0.943 bits per heavy atom. The number of benzene rings is 4. The largest absolute Gasteiger partial charge is 0.497 e. The number of aryl methyl sites for hydroxylation is 1. The fraction of sp³-hybridized carbons (Fsp3) is 0.395. The van der Waals surface area contributed by atoms with Crippen LogP contribution in [0.25, 0.3) is 0 Å². The molecular formula is C43H49ClN2O6S. The molecule has 2 aliphatic carbocycles. The highest BCUT2D eigenvalue weighted by Gasteiger charge is 2.44. The molecular weight excluding hydrogens is 708 g/mol. The molecule has 7 rings (SSSR count). The minimum atomic E-state index is -4.00. The van der Waals surface area contributed by atoms with Gasteiger partial charge >= 0.3 is 0 Å². The van der Waals surface area contributed by atoms with E-state index in [1.165, 1.54) is 15.4 Å². The first kappa shape index (κ1) is 37.3. The van der Waals surface area contributed by atoms with Gasteiger partial charge in [-0.2, -0.15) is 4.31 Å². The van der Waals surface area contributed by atoms with E-state index in [1.807, 2.05) is 72.8 Å². The van der Waals surface area contributed by atoms with Gasteiger partial charge in [-0.05, 0) is 121 Å². The predicted octanol–water partition coefficient (Wildman–Crippen LogP) is 8.45. The third-order valence-electron chi connectivity index (χ3n) is 11.5. The van der Waals surface area contributed by atoms with E-state index in [2.05, 4.69) is 23.6 Å². The summed E-state index contributed by atoms with van der Waals surface area (Å²) >= 11 is 6.49. The van der Waals surface area contributed by atoms with Crippen LogP contribution in [-0.4, -0.2) is 59.9 Å². The topological polar surface area (TPSA) is 77.5 Å². The van der Waals surface area contributed by atoms with Crippen LogP contribution in [0.5, 0.6) is 17.2 Å². The Balaban J connectivity index is 1.27. The Kier molecular flexibility index (Phi) is 11.1. The predicted molar refractivity (Wildman–Crippen MR) is 210 cm³/mol. The molecule has 0 N–H and O–H groups in total. The molecule has 1 unspecified atom stereocenters. The third-order valence-corrected chi connectivity index (χ3v) is 13.6. The van der Waals surface area contributed by atoms with E-state index in [9.17, 15) is 8.42 Å². The molecule has 8 nitrogen and oxygen atoms in total. The number of methoxy groups -OCH3 is 3. The molecule has 1 saturated carbocycles. The van der Waals surface area contributed by atoms with Gasteiger partial charge in [0, 0.05) is 43.7 Å². The maximum absolute atomic E-state index is 14.8. The average Bonchev–Trinajstić information content (AvgIpc) is 3.32. The minimum absolute atomic E-state index is 0.0286. The molecule has 0 amide bonds. The number of rotatable bonds is 13. The van der Waals surface area contributed by atoms with Crippen molar-refractivity contribution >= 4 is 27.3 Å². The van der Waals surface area contributed by atoms with Crippen molar-refractivity contribution in [3.05, 3.63) is 125 Å². The second-order valence-corrected chi connectivity index (χ2v) is 17.0. The SMILES string of the molecule is C=CC(OC)[C@@H]1CC[C@H]1CN1C[C@@]2(CCCc3cc(Cl)ccc32)COc2ccc(S(=O)(=O)N(Cc3ccc(OC)cc3)Cc3ccc(OC)cc3)cc21. The summed E-state index contributed by atoms with van der Waals surface area (Å²) in [6.45, 7) is 6.37. The normalized spacial score (nSPS) is 21.5. The fourth-order valence-electron chi connectivity index (χ4n) is 8.48. The molecule has 10 heteroatoms. The number of anilines is 1. The highest BCUT2D eigenvalue weighted by Crippen LogP contribution is 2.47. The standard InChI is InChI=1S/C43H49ClN2O6S/c1-5-41(51-4)38-19-12-33(38)27-45-28-43(22-6-7-32-23-34(44)13-20-39(32)43)29-52-42-21-18-37(24-40(42)45)53(47,48)46(25-30-8-14-35(49-2)15-9-30)26-31-10-16-36(50-3)17-11-31/h5,8-11,13-18,20-21,23-24,33,38,41H,1,6-7,12,19,22,25-29H2,2-4H3/t33-,38+,41?,43-/m0/s1. The lowest BCUT2D eigenvalue weighted by atomic mass is 9.68. The Labute approximate surface area is 319 Å². The smallest absolute Gasteiger partial charge is 0.243 e. The molecule has 1 heterocycles. The summed E-state index contributed by atoms with van der Waals surface area (Å²) in [6.07, 6.45) is 6.99. The van der Waals surface area contributed by atoms with Crippen LogP contribution in [0.2, 0.25) is 5.02 Å². The van der Waals surface area contributed by atoms with Crippen molar-refractivity contribution in [1.82, 2.24) is 4.31 Å². The molecule has 0 bridgehead atoms. The first-order chi connectivity index (χ1) is 25.7. The monoisotopic (exact) mass is 756 g/mol. The molecule has 4 aromatic rings. The number of hydrogen-bond donors (Lipinski definition) is 0. The summed E-state index contributed by atoms with van der Waals surface area (Å²) in [7, 11) is 0.984. The minimum Gasteiger partial charge on any atom is -0.497 e. The van der Waals surface area contributed by atoms with Crippen molar-refractivity contribution in [2.24, 2.45) is 11.8 Å². The zero-order chi connectivity index (χ0) is 37.2. The van der Waals surface area contributed by atoms with Crippen LogP contribution < -0.4 is 19.1 Å². The lowest BCUT2D eigenvalue weighted by Crippen LogP contribution is -2.49. The van der Waals surface area contributed by atoms with Crippen LogP contribution in [0.1, 0.15) is 47.9 Å². The van der Waals surface area contributed by atoms with Gasteiger partial charge in [-0.15, -0.1) is 6.58 Å². The molecule has 53 heavy (non-hydrogen) atoms. The summed E-state index contributed by atoms with van der Waals surface area (Å²) < 4.78 is 54.5. The van der Waals surface area contributed by atoms with Gasteiger partial charge in [-0.3, -0.25) is 0 Å². The molecule has 0 saturated heterocycles. The van der Waals surface area contributed by atoms with E-state index in [-0.39, 0.29) is 29.5 Å². The molecule has 1 aliphatic heterocycles. The zero-order valence-electron chi connectivity index (χ0n) is 30.8. The van der Waals surface area contributed by atoms with Crippen LogP contribution >= 0.6 is 11.6 Å². The Morgan fingerprint density at radius 3 is 2.21 bits per heavy atom. The quantitative estimate of drug-likeness (QED) is 0.127. The Morgan fingerprint density at radius 2 is 1.62 bits per heavy atom. The molecule has 0 radical (unpaired) electrons. The summed E-state index contributed by atoms with van der Waals surface area (Å²) in [4.78, 5) is 2.62. The Hall–Kier alpha value is -4.02. The number of fused-ring (bicyclic) bond motifs is 3. The van der Waals surface area contributed by atoms with Gasteiger partial charge in [-0.25, -0.2) is 8.42 Å². The van der Waals surface area contributed by atoms with Gasteiger partial charge < -0.3 is 23.8 Å². The maximum Gasteiger partial charge on any atom is 0.243 e. The highest BCUT2D eigenvalue weighted by atomic mass is 35.5. The van der Waals surface area contributed by atoms with Crippen molar-refractivity contribution in [2.75, 3.05) is 45.9 Å². The third kappa shape index (κ3) is 7.67. The number of halogens is 1. The van der Waals surface area contributed by atoms with Gasteiger partial charge in [0.15, 0.2) is 0 Å². The highest BCUT2D eigenvalue weighted by molar-refractivity contribution is 7.89. The summed E-state index contributed by atoms with van der Waals surface area (Å²) in [5, 5.41) is 0.742.